The minimum absolute atomic E-state index is 1.08. The van der Waals surface area contributed by atoms with Crippen molar-refractivity contribution >= 4 is 11.8 Å². The molecule has 0 aliphatic heterocycles. The number of hydrogen-bond acceptors (Lipinski definition) is 1. The van der Waals surface area contributed by atoms with Gasteiger partial charge in [-0.15, -0.1) is 0 Å². The summed E-state index contributed by atoms with van der Waals surface area (Å²) in [5, 5.41) is 0. The molecule has 77 valence electrons. The average Bonchev–Trinajstić information content (AvgIpc) is 2.25. The summed E-state index contributed by atoms with van der Waals surface area (Å²) >= 11 is 2.06. The molecule has 0 aliphatic carbocycles. The largest absolute Gasteiger partial charge is 0.162 e. The number of aryl methyl sites for hydroxylation is 1. The second-order valence-corrected chi connectivity index (χ2v) is 4.63. The van der Waals surface area contributed by atoms with E-state index in [0.29, 0.717) is 0 Å². The first-order chi connectivity index (χ1) is 6.93. The van der Waals surface area contributed by atoms with Crippen molar-refractivity contribution in [2.45, 2.75) is 25.7 Å². The van der Waals surface area contributed by atoms with E-state index in [2.05, 4.69) is 49.0 Å². The van der Waals surface area contributed by atoms with Gasteiger partial charge in [0.25, 0.3) is 0 Å². The predicted octanol–water partition coefficient (Wildman–Crippen LogP) is 3.97. The Labute approximate surface area is 92.1 Å². The van der Waals surface area contributed by atoms with E-state index in [9.17, 15) is 0 Å². The molecule has 0 amide bonds. The van der Waals surface area contributed by atoms with Crippen LogP contribution < -0.4 is 0 Å². The maximum absolute atomic E-state index is 3.84. The Morgan fingerprint density at radius 3 is 2.50 bits per heavy atom. The summed E-state index contributed by atoms with van der Waals surface area (Å²) < 4.78 is 0. The molecule has 0 aromatic heterocycles. The van der Waals surface area contributed by atoms with Gasteiger partial charge in [-0.3, -0.25) is 0 Å². The lowest BCUT2D eigenvalue weighted by atomic mass is 10.2. The Morgan fingerprint density at radius 1 is 1.00 bits per heavy atom. The van der Waals surface area contributed by atoms with Crippen LogP contribution in [0.2, 0.25) is 0 Å². The van der Waals surface area contributed by atoms with Crippen LogP contribution in [0.4, 0.5) is 0 Å². The molecule has 0 unspecified atom stereocenters. The van der Waals surface area contributed by atoms with Crippen LogP contribution in [0.25, 0.3) is 0 Å². The molecule has 0 nitrogen and oxygen atoms in total. The number of benzene rings is 1. The third kappa shape index (κ3) is 5.33. The van der Waals surface area contributed by atoms with E-state index >= 15 is 0 Å². The molecule has 1 aromatic rings. The van der Waals surface area contributed by atoms with Gasteiger partial charge in [0.2, 0.25) is 0 Å². The van der Waals surface area contributed by atoms with E-state index in [0.717, 1.165) is 6.42 Å². The van der Waals surface area contributed by atoms with Crippen LogP contribution in [0.1, 0.15) is 24.8 Å². The molecular formula is C13H19S. The van der Waals surface area contributed by atoms with E-state index in [4.69, 9.17) is 0 Å². The first-order valence-electron chi connectivity index (χ1n) is 5.34. The molecule has 0 bridgehead atoms. The molecule has 14 heavy (non-hydrogen) atoms. The van der Waals surface area contributed by atoms with Crippen molar-refractivity contribution in [2.24, 2.45) is 0 Å². The van der Waals surface area contributed by atoms with Crippen molar-refractivity contribution in [1.82, 2.24) is 0 Å². The Balaban J connectivity index is 1.99. The summed E-state index contributed by atoms with van der Waals surface area (Å²) in [7, 11) is 0. The number of rotatable bonds is 7. The first-order valence-corrected chi connectivity index (χ1v) is 6.50. The zero-order valence-electron chi connectivity index (χ0n) is 8.74. The van der Waals surface area contributed by atoms with Crippen LogP contribution in [-0.4, -0.2) is 11.5 Å². The first kappa shape index (κ1) is 11.6. The molecule has 1 radical (unpaired) electrons. The van der Waals surface area contributed by atoms with Gasteiger partial charge in [-0.25, -0.2) is 0 Å². The van der Waals surface area contributed by atoms with Gasteiger partial charge in [0.05, 0.1) is 0 Å². The highest BCUT2D eigenvalue weighted by Crippen LogP contribution is 2.09. The fourth-order valence-electron chi connectivity index (χ4n) is 1.32. The Bertz CT molecular complexity index is 218. The zero-order chi connectivity index (χ0) is 10.1. The smallest absolute Gasteiger partial charge is 0.00270 e. The van der Waals surface area contributed by atoms with Crippen LogP contribution in [0.5, 0.6) is 0 Å². The summed E-state index contributed by atoms with van der Waals surface area (Å²) in [6, 6.07) is 10.7. The second kappa shape index (κ2) is 7.93. The standard InChI is InChI=1S/C13H19S/c1-2-3-7-11-14-12-10-13-8-5-4-6-9-13/h4-6,8-9H,1-3,7,10-12H2. The highest BCUT2D eigenvalue weighted by molar-refractivity contribution is 7.99. The van der Waals surface area contributed by atoms with Gasteiger partial charge >= 0.3 is 0 Å². The third-order valence-corrected chi connectivity index (χ3v) is 3.24. The quantitative estimate of drug-likeness (QED) is 0.610. The third-order valence-electron chi connectivity index (χ3n) is 2.17. The van der Waals surface area contributed by atoms with E-state index in [1.54, 1.807) is 0 Å². The molecule has 0 fully saturated rings. The van der Waals surface area contributed by atoms with Crippen molar-refractivity contribution < 1.29 is 0 Å². The number of hydrogen-bond donors (Lipinski definition) is 0. The molecule has 0 N–H and O–H groups in total. The molecule has 0 saturated carbocycles. The SMILES string of the molecule is [CH2]CCCCSCCc1ccccc1. The lowest BCUT2D eigenvalue weighted by molar-refractivity contribution is 0.821. The second-order valence-electron chi connectivity index (χ2n) is 3.41. The summed E-state index contributed by atoms with van der Waals surface area (Å²) in [6.45, 7) is 3.84. The highest BCUT2D eigenvalue weighted by Gasteiger charge is 1.92. The maximum Gasteiger partial charge on any atom is -0.00270 e. The molecule has 0 saturated heterocycles. The van der Waals surface area contributed by atoms with Gasteiger partial charge in [0, 0.05) is 0 Å². The Morgan fingerprint density at radius 2 is 1.79 bits per heavy atom. The van der Waals surface area contributed by atoms with E-state index in [1.165, 1.54) is 36.3 Å². The van der Waals surface area contributed by atoms with Crippen LogP contribution >= 0.6 is 11.8 Å². The molecule has 1 heteroatoms. The van der Waals surface area contributed by atoms with E-state index in [-0.39, 0.29) is 0 Å². The maximum atomic E-state index is 3.84. The molecule has 1 aromatic carbocycles. The highest BCUT2D eigenvalue weighted by atomic mass is 32.2. The zero-order valence-corrected chi connectivity index (χ0v) is 9.56. The summed E-state index contributed by atoms with van der Waals surface area (Å²) in [5.74, 6) is 2.55. The van der Waals surface area contributed by atoms with Gasteiger partial charge < -0.3 is 0 Å². The van der Waals surface area contributed by atoms with Crippen molar-refractivity contribution in [1.29, 1.82) is 0 Å². The fourth-order valence-corrected chi connectivity index (χ4v) is 2.31. The van der Waals surface area contributed by atoms with Gasteiger partial charge in [0.1, 0.15) is 0 Å². The summed E-state index contributed by atoms with van der Waals surface area (Å²) in [6.07, 6.45) is 4.89. The summed E-state index contributed by atoms with van der Waals surface area (Å²) in [5.41, 5.74) is 1.46. The molecule has 0 atom stereocenters. The minimum atomic E-state index is 1.08. The monoisotopic (exact) mass is 207 g/mol. The van der Waals surface area contributed by atoms with Crippen LogP contribution in [0.3, 0.4) is 0 Å². The molecule has 0 heterocycles. The lowest BCUT2D eigenvalue weighted by Gasteiger charge is -2.01. The minimum Gasteiger partial charge on any atom is -0.162 e. The average molecular weight is 207 g/mol. The topological polar surface area (TPSA) is 0 Å². The van der Waals surface area contributed by atoms with Crippen LogP contribution in [0, 0.1) is 6.92 Å². The van der Waals surface area contributed by atoms with Gasteiger partial charge in [-0.05, 0) is 29.9 Å². The molecular weight excluding hydrogens is 188 g/mol. The number of thioether (sulfide) groups is 1. The van der Waals surface area contributed by atoms with Gasteiger partial charge in [-0.1, -0.05) is 50.1 Å². The van der Waals surface area contributed by atoms with Crippen molar-refractivity contribution in [3.05, 3.63) is 42.8 Å². The molecule has 1 rings (SSSR count). The van der Waals surface area contributed by atoms with E-state index in [1.807, 2.05) is 0 Å². The predicted molar refractivity (Wildman–Crippen MR) is 66.7 cm³/mol. The number of unbranched alkanes of at least 4 members (excludes halogenated alkanes) is 2. The van der Waals surface area contributed by atoms with Crippen molar-refractivity contribution in [2.75, 3.05) is 11.5 Å². The van der Waals surface area contributed by atoms with Crippen LogP contribution in [-0.2, 0) is 6.42 Å². The Kier molecular flexibility index (Phi) is 6.59. The van der Waals surface area contributed by atoms with Gasteiger partial charge in [0.15, 0.2) is 0 Å². The van der Waals surface area contributed by atoms with E-state index < -0.39 is 0 Å². The van der Waals surface area contributed by atoms with Crippen LogP contribution in [0.15, 0.2) is 30.3 Å². The van der Waals surface area contributed by atoms with Gasteiger partial charge in [-0.2, -0.15) is 11.8 Å². The Hall–Kier alpha value is -0.430. The van der Waals surface area contributed by atoms with Crippen molar-refractivity contribution in [3.63, 3.8) is 0 Å². The molecule has 0 spiro atoms. The fraction of sp³-hybridized carbons (Fsp3) is 0.462. The normalized spacial score (nSPS) is 10.4. The summed E-state index contributed by atoms with van der Waals surface area (Å²) in [4.78, 5) is 0. The van der Waals surface area contributed by atoms with Crippen molar-refractivity contribution in [3.8, 4) is 0 Å². The lowest BCUT2D eigenvalue weighted by Crippen LogP contribution is -1.89. The molecule has 0 aliphatic rings.